The van der Waals surface area contributed by atoms with Crippen LogP contribution in [0.25, 0.3) is 11.0 Å². The van der Waals surface area contributed by atoms with E-state index in [4.69, 9.17) is 10.2 Å². The van der Waals surface area contributed by atoms with Gasteiger partial charge in [-0.05, 0) is 42.7 Å². The fraction of sp³-hybridized carbons (Fsp3) is 0.400. The smallest absolute Gasteiger partial charge is 0.251 e. The summed E-state index contributed by atoms with van der Waals surface area (Å²) in [4.78, 5) is 29.5. The molecule has 1 fully saturated rings. The van der Waals surface area contributed by atoms with Crippen LogP contribution in [0.5, 0.6) is 0 Å². The van der Waals surface area contributed by atoms with E-state index in [0.717, 1.165) is 41.7 Å². The Kier molecular flexibility index (Phi) is 6.55. The number of imidazole rings is 1. The summed E-state index contributed by atoms with van der Waals surface area (Å²) in [5, 5.41) is 12.0. The van der Waals surface area contributed by atoms with Gasteiger partial charge in [0.05, 0.1) is 17.0 Å². The molecule has 2 atom stereocenters. The molecule has 7 nitrogen and oxygen atoms in total. The molecule has 3 N–H and O–H groups in total. The van der Waals surface area contributed by atoms with Crippen molar-refractivity contribution in [1.82, 2.24) is 20.3 Å². The third-order valence-electron chi connectivity index (χ3n) is 6.29. The lowest BCUT2D eigenvalue weighted by Crippen LogP contribution is -2.47. The number of hydrogen-bond acceptors (Lipinski definition) is 4. The molecule has 32 heavy (non-hydrogen) atoms. The number of para-hydroxylation sites is 2. The van der Waals surface area contributed by atoms with Crippen LogP contribution in [-0.2, 0) is 11.3 Å². The summed E-state index contributed by atoms with van der Waals surface area (Å²) < 4.78 is 2.23. The molecule has 2 aromatic carbocycles. The van der Waals surface area contributed by atoms with Crippen LogP contribution in [0.1, 0.15) is 67.2 Å². The molecule has 0 unspecified atom stereocenters. The van der Waals surface area contributed by atoms with Crippen LogP contribution < -0.4 is 10.8 Å². The summed E-state index contributed by atoms with van der Waals surface area (Å²) in [5.41, 5.74) is 5.46. The molecule has 0 radical (unpaired) electrons. The minimum atomic E-state index is -0.432. The fourth-order valence-electron chi connectivity index (χ4n) is 4.60. The molecule has 1 heterocycles. The lowest BCUT2D eigenvalue weighted by atomic mass is 9.84. The number of aromatic nitrogens is 2. The Bertz CT molecular complexity index is 1100. The minimum absolute atomic E-state index is 0.199. The second-order valence-corrected chi connectivity index (χ2v) is 8.84. The van der Waals surface area contributed by atoms with Gasteiger partial charge in [0, 0.05) is 24.1 Å². The largest absolute Gasteiger partial charge is 0.349 e. The van der Waals surface area contributed by atoms with Crippen molar-refractivity contribution in [2.45, 2.75) is 58.0 Å². The first-order chi connectivity index (χ1) is 15.5. The van der Waals surface area contributed by atoms with Gasteiger partial charge >= 0.3 is 0 Å². The molecule has 0 spiro atoms. The highest BCUT2D eigenvalue weighted by Crippen LogP contribution is 2.26. The van der Waals surface area contributed by atoms with Gasteiger partial charge in [-0.15, -0.1) is 0 Å². The maximum absolute atomic E-state index is 12.8. The molecule has 1 aromatic heterocycles. The monoisotopic (exact) mass is 434 g/mol. The number of carbonyl (C=O) groups is 2. The predicted molar refractivity (Wildman–Crippen MR) is 123 cm³/mol. The van der Waals surface area contributed by atoms with E-state index in [9.17, 15) is 9.59 Å². The van der Waals surface area contributed by atoms with E-state index >= 15 is 0 Å². The predicted octanol–water partition coefficient (Wildman–Crippen LogP) is 4.00. The maximum atomic E-state index is 12.8. The van der Waals surface area contributed by atoms with Gasteiger partial charge in [0.15, 0.2) is 0 Å². The molecule has 7 heteroatoms. The number of amides is 2. The third kappa shape index (κ3) is 4.53. The summed E-state index contributed by atoms with van der Waals surface area (Å²) >= 11 is 0. The maximum Gasteiger partial charge on any atom is 0.251 e. The van der Waals surface area contributed by atoms with Crippen LogP contribution in [0.3, 0.4) is 0 Å². The lowest BCUT2D eigenvalue weighted by Gasteiger charge is -2.30. The molecule has 0 saturated heterocycles. The SMILES string of the molecule is CC(C)c1nc2ccccc2n1Cc1ccc(C(=O)N[C@@H]2CCCC[C@@H]2C(=O)NO)cc1. The summed E-state index contributed by atoms with van der Waals surface area (Å²) in [6.45, 7) is 4.96. The van der Waals surface area contributed by atoms with Crippen molar-refractivity contribution in [3.8, 4) is 0 Å². The van der Waals surface area contributed by atoms with Crippen molar-refractivity contribution in [2.24, 2.45) is 5.92 Å². The van der Waals surface area contributed by atoms with Crippen molar-refractivity contribution in [1.29, 1.82) is 0 Å². The first-order valence-electron chi connectivity index (χ1n) is 11.3. The normalized spacial score (nSPS) is 18.6. The van der Waals surface area contributed by atoms with E-state index in [0.29, 0.717) is 24.4 Å². The van der Waals surface area contributed by atoms with E-state index in [1.807, 2.05) is 42.5 Å². The number of fused-ring (bicyclic) bond motifs is 1. The van der Waals surface area contributed by atoms with Crippen LogP contribution >= 0.6 is 0 Å². The van der Waals surface area contributed by atoms with Crippen molar-refractivity contribution in [3.63, 3.8) is 0 Å². The fourth-order valence-corrected chi connectivity index (χ4v) is 4.60. The van der Waals surface area contributed by atoms with E-state index in [1.54, 1.807) is 5.48 Å². The summed E-state index contributed by atoms with van der Waals surface area (Å²) in [5.74, 6) is 0.306. The molecular weight excluding hydrogens is 404 g/mol. The van der Waals surface area contributed by atoms with E-state index in [-0.39, 0.29) is 11.9 Å². The summed E-state index contributed by atoms with van der Waals surface area (Å²) in [6, 6.07) is 15.4. The Morgan fingerprint density at radius 3 is 2.53 bits per heavy atom. The first-order valence-corrected chi connectivity index (χ1v) is 11.3. The number of hydrogen-bond donors (Lipinski definition) is 3. The minimum Gasteiger partial charge on any atom is -0.349 e. The second-order valence-electron chi connectivity index (χ2n) is 8.84. The molecule has 3 aromatic rings. The molecule has 1 aliphatic carbocycles. The van der Waals surface area contributed by atoms with Crippen LogP contribution in [0, 0.1) is 5.92 Å². The molecule has 2 amide bonds. The van der Waals surface area contributed by atoms with Crippen LogP contribution in [0.2, 0.25) is 0 Å². The average Bonchev–Trinajstić information content (AvgIpc) is 3.18. The van der Waals surface area contributed by atoms with Gasteiger partial charge in [0.25, 0.3) is 5.91 Å². The molecule has 168 valence electrons. The lowest BCUT2D eigenvalue weighted by molar-refractivity contribution is -0.135. The van der Waals surface area contributed by atoms with Gasteiger partial charge in [-0.2, -0.15) is 0 Å². The Morgan fingerprint density at radius 1 is 1.09 bits per heavy atom. The third-order valence-corrected chi connectivity index (χ3v) is 6.29. The van der Waals surface area contributed by atoms with Crippen molar-refractivity contribution >= 4 is 22.8 Å². The second kappa shape index (κ2) is 9.53. The highest BCUT2D eigenvalue weighted by Gasteiger charge is 2.32. The Hall–Kier alpha value is -3.19. The number of hydroxylamine groups is 1. The Morgan fingerprint density at radius 2 is 1.81 bits per heavy atom. The van der Waals surface area contributed by atoms with Crippen LogP contribution in [0.4, 0.5) is 0 Å². The zero-order valence-electron chi connectivity index (χ0n) is 18.5. The van der Waals surface area contributed by atoms with E-state index in [2.05, 4.69) is 29.8 Å². The van der Waals surface area contributed by atoms with Crippen molar-refractivity contribution in [3.05, 3.63) is 65.5 Å². The number of carbonyl (C=O) groups excluding carboxylic acids is 2. The molecule has 0 bridgehead atoms. The zero-order chi connectivity index (χ0) is 22.7. The Labute approximate surface area is 187 Å². The molecule has 1 aliphatic rings. The zero-order valence-corrected chi connectivity index (χ0v) is 18.5. The molecular formula is C25H30N4O3. The number of nitrogens with one attached hydrogen (secondary N) is 2. The highest BCUT2D eigenvalue weighted by molar-refractivity contribution is 5.95. The van der Waals surface area contributed by atoms with Gasteiger partial charge < -0.3 is 9.88 Å². The number of benzene rings is 2. The summed E-state index contributed by atoms with van der Waals surface area (Å²) in [7, 11) is 0. The quantitative estimate of drug-likeness (QED) is 0.404. The van der Waals surface area contributed by atoms with Gasteiger partial charge in [0.2, 0.25) is 5.91 Å². The van der Waals surface area contributed by atoms with Crippen molar-refractivity contribution in [2.75, 3.05) is 0 Å². The van der Waals surface area contributed by atoms with Gasteiger partial charge in [-0.1, -0.05) is 51.0 Å². The average molecular weight is 435 g/mol. The molecule has 0 aliphatic heterocycles. The number of rotatable bonds is 6. The topological polar surface area (TPSA) is 96.2 Å². The summed E-state index contributed by atoms with van der Waals surface area (Å²) in [6.07, 6.45) is 3.26. The standard InChI is InChI=1S/C25H30N4O3/c1-16(2)23-26-21-9-5-6-10-22(21)29(23)15-17-11-13-18(14-12-17)24(30)27-20-8-4-3-7-19(20)25(31)28-32/h5-6,9-14,16,19-20,32H,3-4,7-8,15H2,1-2H3,(H,27,30)(H,28,31)/t19-,20+/m0/s1. The highest BCUT2D eigenvalue weighted by atomic mass is 16.5. The van der Waals surface area contributed by atoms with E-state index < -0.39 is 11.8 Å². The van der Waals surface area contributed by atoms with Gasteiger partial charge in [0.1, 0.15) is 5.82 Å². The Balaban J connectivity index is 1.49. The van der Waals surface area contributed by atoms with Gasteiger partial charge in [-0.3, -0.25) is 14.8 Å². The first kappa shape index (κ1) is 22.0. The van der Waals surface area contributed by atoms with Gasteiger partial charge in [-0.25, -0.2) is 10.5 Å². The van der Waals surface area contributed by atoms with Crippen LogP contribution in [-0.4, -0.2) is 32.6 Å². The molecule has 4 rings (SSSR count). The van der Waals surface area contributed by atoms with E-state index in [1.165, 1.54) is 0 Å². The molecule has 1 saturated carbocycles. The number of nitrogens with zero attached hydrogens (tertiary/aromatic N) is 2. The van der Waals surface area contributed by atoms with Crippen LogP contribution in [0.15, 0.2) is 48.5 Å². The van der Waals surface area contributed by atoms with Crippen molar-refractivity contribution < 1.29 is 14.8 Å².